The Hall–Kier alpha value is -0.100. The first-order valence-electron chi connectivity index (χ1n) is 18.2. The summed E-state index contributed by atoms with van der Waals surface area (Å²) in [5, 5.41) is 8.60. The Morgan fingerprint density at radius 1 is 0.462 bits per heavy atom. The molecule has 0 saturated heterocycles. The summed E-state index contributed by atoms with van der Waals surface area (Å²) in [4.78, 5) is 10.4. The van der Waals surface area contributed by atoms with Crippen LogP contribution >= 0.6 is 7.26 Å². The van der Waals surface area contributed by atoms with Crippen LogP contribution < -0.4 is 0 Å². The Morgan fingerprint density at radius 3 is 1.08 bits per heavy atom. The quantitative estimate of drug-likeness (QED) is 0.0715. The number of carboxylic acids is 1. The van der Waals surface area contributed by atoms with Gasteiger partial charge in [-0.25, -0.2) is 0 Å². The summed E-state index contributed by atoms with van der Waals surface area (Å²) >= 11 is 0. The van der Waals surface area contributed by atoms with E-state index < -0.39 is 13.2 Å². The van der Waals surface area contributed by atoms with Crippen LogP contribution in [0.15, 0.2) is 0 Å². The number of hydrogen-bond acceptors (Lipinski definition) is 1. The molecule has 0 aromatic rings. The normalized spacial score (nSPS) is 12.7. The van der Waals surface area contributed by atoms with Crippen molar-refractivity contribution in [2.75, 3.05) is 24.6 Å². The zero-order valence-electron chi connectivity index (χ0n) is 28.2. The molecule has 0 aliphatic rings. The fourth-order valence-corrected chi connectivity index (χ4v) is 11.9. The fraction of sp³-hybridized carbons (Fsp3) is 0.972. The second kappa shape index (κ2) is 32.4. The summed E-state index contributed by atoms with van der Waals surface area (Å²) in [5.74, 6) is -0.754. The fourth-order valence-electron chi connectivity index (χ4n) is 6.05. The molecule has 0 heterocycles. The summed E-state index contributed by atoms with van der Waals surface area (Å²) in [6.45, 7) is 13.5. The Morgan fingerprint density at radius 2 is 0.769 bits per heavy atom. The van der Waals surface area contributed by atoms with Gasteiger partial charge in [-0.3, -0.25) is 4.79 Å². The molecule has 0 fully saturated rings. The predicted molar refractivity (Wildman–Crippen MR) is 184 cm³/mol. The number of carbonyl (C=O) groups is 1. The zero-order valence-corrected chi connectivity index (χ0v) is 29.2. The minimum absolute atomic E-state index is 0.111. The molecule has 1 N–H and O–H groups in total. The van der Waals surface area contributed by atoms with Crippen LogP contribution in [-0.2, 0) is 4.79 Å². The molecule has 0 radical (unpaired) electrons. The molecule has 0 aliphatic heterocycles. The second-order valence-corrected chi connectivity index (χ2v) is 17.7. The van der Waals surface area contributed by atoms with Crippen molar-refractivity contribution in [3.8, 4) is 0 Å². The van der Waals surface area contributed by atoms with Crippen LogP contribution in [0, 0.1) is 5.92 Å². The Labute approximate surface area is 249 Å². The van der Waals surface area contributed by atoms with Gasteiger partial charge in [0, 0.05) is 0 Å². The van der Waals surface area contributed by atoms with Gasteiger partial charge in [0.15, 0.2) is 0 Å². The van der Waals surface area contributed by atoms with Gasteiger partial charge in [0.25, 0.3) is 0 Å². The molecule has 1 atom stereocenters. The van der Waals surface area contributed by atoms with Crippen molar-refractivity contribution in [2.45, 2.75) is 196 Å². The maximum absolute atomic E-state index is 10.4. The van der Waals surface area contributed by atoms with Gasteiger partial charge in [-0.15, -0.1) is 0 Å². The van der Waals surface area contributed by atoms with Crippen LogP contribution in [0.4, 0.5) is 0 Å². The number of aliphatic carboxylic acids is 1. The van der Waals surface area contributed by atoms with E-state index in [0.717, 1.165) is 25.7 Å². The summed E-state index contributed by atoms with van der Waals surface area (Å²) in [5.41, 5.74) is 0. The third kappa shape index (κ3) is 27.8. The van der Waals surface area contributed by atoms with E-state index >= 15 is 0 Å². The monoisotopic (exact) mass is 573 g/mol. The van der Waals surface area contributed by atoms with Crippen molar-refractivity contribution in [3.05, 3.63) is 0 Å². The number of unbranched alkanes of at least 4 members (excludes halogenated alkanes) is 17. The van der Waals surface area contributed by atoms with Gasteiger partial charge in [0.1, 0.15) is 0 Å². The third-order valence-electron chi connectivity index (χ3n) is 8.99. The van der Waals surface area contributed by atoms with E-state index in [-0.39, 0.29) is 5.92 Å². The van der Waals surface area contributed by atoms with E-state index in [4.69, 9.17) is 5.11 Å². The maximum atomic E-state index is 10.4. The summed E-state index contributed by atoms with van der Waals surface area (Å²) in [6, 6.07) is 0. The van der Waals surface area contributed by atoms with Gasteiger partial charge in [0.2, 0.25) is 0 Å². The molecule has 0 aliphatic carbocycles. The molecule has 0 bridgehead atoms. The van der Waals surface area contributed by atoms with E-state index in [1.54, 1.807) is 31.1 Å². The van der Waals surface area contributed by atoms with Gasteiger partial charge in [-0.1, -0.05) is 52.9 Å². The van der Waals surface area contributed by atoms with Crippen molar-refractivity contribution in [1.82, 2.24) is 0 Å². The van der Waals surface area contributed by atoms with E-state index in [1.165, 1.54) is 122 Å². The van der Waals surface area contributed by atoms with Gasteiger partial charge in [0.05, 0.1) is 5.92 Å². The molecule has 2 nitrogen and oxygen atoms in total. The molecule has 0 aromatic carbocycles. The molecule has 39 heavy (non-hydrogen) atoms. The zero-order chi connectivity index (χ0) is 29.5. The molecular formula is C36H77O2P. The van der Waals surface area contributed by atoms with Crippen LogP contribution in [0.2, 0.25) is 0 Å². The van der Waals surface area contributed by atoms with Crippen LogP contribution in [0.3, 0.4) is 0 Å². The molecule has 0 spiro atoms. The number of rotatable bonds is 29. The number of carboxylic acid groups (broad SMARTS) is 1. The van der Waals surface area contributed by atoms with Crippen molar-refractivity contribution >= 4 is 13.2 Å². The van der Waals surface area contributed by atoms with Crippen LogP contribution in [0.1, 0.15) is 196 Å². The molecule has 238 valence electrons. The SMILES string of the molecule is CCCCC(CC)C(=O)O.CCCCCCCCCCCCCCCC[PH](CCCC)(CCCC)CCCC. The average molecular weight is 573 g/mol. The van der Waals surface area contributed by atoms with Gasteiger partial charge >= 0.3 is 168 Å². The van der Waals surface area contributed by atoms with Crippen molar-refractivity contribution in [2.24, 2.45) is 5.92 Å². The number of hydrogen-bond donors (Lipinski definition) is 1. The Kier molecular flexibility index (Phi) is 34.1. The molecule has 1 unspecified atom stereocenters. The van der Waals surface area contributed by atoms with E-state index in [0.29, 0.717) is 0 Å². The Bertz CT molecular complexity index is 457. The average Bonchev–Trinajstić information content (AvgIpc) is 2.94. The molecule has 0 saturated carbocycles. The van der Waals surface area contributed by atoms with Crippen LogP contribution in [-0.4, -0.2) is 35.7 Å². The van der Waals surface area contributed by atoms with Gasteiger partial charge < -0.3 is 5.11 Å². The van der Waals surface area contributed by atoms with Gasteiger partial charge in [-0.2, -0.15) is 0 Å². The van der Waals surface area contributed by atoms with E-state index in [1.807, 2.05) is 6.92 Å². The molecule has 3 heteroatoms. The topological polar surface area (TPSA) is 37.3 Å². The van der Waals surface area contributed by atoms with E-state index in [9.17, 15) is 4.79 Å². The van der Waals surface area contributed by atoms with Crippen molar-refractivity contribution in [3.63, 3.8) is 0 Å². The molecule has 0 amide bonds. The Balaban J connectivity index is 0. The summed E-state index contributed by atoms with van der Waals surface area (Å²) in [6.07, 6.45) is 39.9. The van der Waals surface area contributed by atoms with Crippen molar-refractivity contribution in [1.29, 1.82) is 0 Å². The summed E-state index contributed by atoms with van der Waals surface area (Å²) in [7, 11) is -0.961. The van der Waals surface area contributed by atoms with E-state index in [2.05, 4.69) is 34.6 Å². The summed E-state index contributed by atoms with van der Waals surface area (Å²) < 4.78 is 0. The van der Waals surface area contributed by atoms with Gasteiger partial charge in [-0.05, 0) is 12.8 Å². The third-order valence-corrected chi connectivity index (χ3v) is 14.6. The first kappa shape index (κ1) is 41.0. The van der Waals surface area contributed by atoms with Crippen LogP contribution in [0.25, 0.3) is 0 Å². The van der Waals surface area contributed by atoms with Crippen LogP contribution in [0.5, 0.6) is 0 Å². The second-order valence-electron chi connectivity index (χ2n) is 12.7. The minimum atomic E-state index is -0.961. The molecular weight excluding hydrogens is 495 g/mol. The van der Waals surface area contributed by atoms with Crippen molar-refractivity contribution < 1.29 is 9.90 Å². The predicted octanol–water partition coefficient (Wildman–Crippen LogP) is 12.9. The first-order chi connectivity index (χ1) is 19.0. The molecule has 0 rings (SSSR count). The standard InChI is InChI=1S/C28H61P.C8H16O2/c1-5-9-13-14-15-16-17-18-19-20-21-22-23-24-28-29(25-10-6-2,26-11-7-3)27-12-8-4;1-3-5-6-7(4-2)8(9)10/h29H,5-28H2,1-4H3;7H,3-6H2,1-2H3,(H,9,10). The first-order valence-corrected chi connectivity index (χ1v) is 21.0. The molecule has 0 aromatic heterocycles.